The van der Waals surface area contributed by atoms with Crippen molar-refractivity contribution in [3.8, 4) is 0 Å². The van der Waals surface area contributed by atoms with E-state index in [0.29, 0.717) is 17.7 Å². The highest BCUT2D eigenvalue weighted by molar-refractivity contribution is 5.98. The van der Waals surface area contributed by atoms with Gasteiger partial charge in [0.05, 0.1) is 17.9 Å². The van der Waals surface area contributed by atoms with Crippen molar-refractivity contribution < 1.29 is 19.8 Å². The van der Waals surface area contributed by atoms with E-state index in [1.54, 1.807) is 31.2 Å². The summed E-state index contributed by atoms with van der Waals surface area (Å²) in [6, 6.07) is 6.94. The topological polar surface area (TPSA) is 86.6 Å². The van der Waals surface area contributed by atoms with Crippen molar-refractivity contribution in [1.82, 2.24) is 0 Å². The molecule has 0 bridgehead atoms. The number of carbonyl (C=O) groups is 2. The zero-order valence-corrected chi connectivity index (χ0v) is 9.96. The van der Waals surface area contributed by atoms with E-state index in [9.17, 15) is 14.7 Å². The summed E-state index contributed by atoms with van der Waals surface area (Å²) < 4.78 is 0. The second kappa shape index (κ2) is 4.78. The maximum absolute atomic E-state index is 11.8. The van der Waals surface area contributed by atoms with Crippen LogP contribution in [0.2, 0.25) is 0 Å². The minimum absolute atomic E-state index is 0.296. The first-order valence-corrected chi connectivity index (χ1v) is 5.81. The molecule has 3 N–H and O–H groups in total. The van der Waals surface area contributed by atoms with Crippen LogP contribution in [0.15, 0.2) is 24.3 Å². The lowest BCUT2D eigenvalue weighted by molar-refractivity contribution is -0.139. The van der Waals surface area contributed by atoms with Crippen LogP contribution in [-0.4, -0.2) is 22.1 Å². The Balaban J connectivity index is 2.06. The van der Waals surface area contributed by atoms with Crippen LogP contribution in [0.4, 0.5) is 5.69 Å². The molecule has 0 aromatic heterocycles. The van der Waals surface area contributed by atoms with Crippen LogP contribution in [-0.2, 0) is 9.59 Å². The number of hydrogen-bond donors (Lipinski definition) is 3. The van der Waals surface area contributed by atoms with Gasteiger partial charge in [-0.1, -0.05) is 18.2 Å². The van der Waals surface area contributed by atoms with E-state index in [0.717, 1.165) is 0 Å². The molecule has 0 saturated heterocycles. The van der Waals surface area contributed by atoms with Gasteiger partial charge in [-0.15, -0.1) is 0 Å². The number of hydrogen-bond acceptors (Lipinski definition) is 3. The number of aliphatic carboxylic acids is 1. The molecule has 18 heavy (non-hydrogen) atoms. The van der Waals surface area contributed by atoms with Crippen molar-refractivity contribution in [3.05, 3.63) is 29.8 Å². The van der Waals surface area contributed by atoms with Crippen molar-refractivity contribution in [1.29, 1.82) is 0 Å². The van der Waals surface area contributed by atoms with E-state index in [-0.39, 0.29) is 5.91 Å². The summed E-state index contributed by atoms with van der Waals surface area (Å²) >= 11 is 0. The smallest absolute Gasteiger partial charge is 0.307 e. The highest BCUT2D eigenvalue weighted by atomic mass is 16.4. The summed E-state index contributed by atoms with van der Waals surface area (Å²) in [5, 5.41) is 21.0. The van der Waals surface area contributed by atoms with E-state index in [1.807, 2.05) is 0 Å². The summed E-state index contributed by atoms with van der Waals surface area (Å²) in [7, 11) is 0. The van der Waals surface area contributed by atoms with Crippen LogP contribution in [0.1, 0.15) is 25.0 Å². The monoisotopic (exact) mass is 249 g/mol. The Morgan fingerprint density at radius 2 is 2.00 bits per heavy atom. The van der Waals surface area contributed by atoms with Gasteiger partial charge in [0.2, 0.25) is 5.91 Å². The molecule has 0 heterocycles. The quantitative estimate of drug-likeness (QED) is 0.752. The van der Waals surface area contributed by atoms with Crippen LogP contribution in [0, 0.1) is 11.8 Å². The number of aliphatic hydroxyl groups is 1. The van der Waals surface area contributed by atoms with Gasteiger partial charge in [-0.3, -0.25) is 9.59 Å². The van der Waals surface area contributed by atoms with Gasteiger partial charge >= 0.3 is 5.97 Å². The number of nitrogens with one attached hydrogen (secondary N) is 1. The first-order chi connectivity index (χ1) is 8.50. The lowest BCUT2D eigenvalue weighted by Gasteiger charge is -2.12. The van der Waals surface area contributed by atoms with Crippen molar-refractivity contribution >= 4 is 17.6 Å². The van der Waals surface area contributed by atoms with Gasteiger partial charge < -0.3 is 15.5 Å². The summed E-state index contributed by atoms with van der Waals surface area (Å²) in [4.78, 5) is 22.5. The zero-order chi connectivity index (χ0) is 13.3. The Kier molecular flexibility index (Phi) is 3.34. The van der Waals surface area contributed by atoms with Gasteiger partial charge in [0.25, 0.3) is 0 Å². The number of aliphatic hydroxyl groups excluding tert-OH is 1. The van der Waals surface area contributed by atoms with Crippen LogP contribution < -0.4 is 5.32 Å². The van der Waals surface area contributed by atoms with Gasteiger partial charge in [-0.2, -0.15) is 0 Å². The van der Waals surface area contributed by atoms with Crippen molar-refractivity contribution in [3.63, 3.8) is 0 Å². The van der Waals surface area contributed by atoms with Crippen LogP contribution in [0.5, 0.6) is 0 Å². The van der Waals surface area contributed by atoms with Gasteiger partial charge in [-0.25, -0.2) is 0 Å². The van der Waals surface area contributed by atoms with Crippen LogP contribution >= 0.6 is 0 Å². The summed E-state index contributed by atoms with van der Waals surface area (Å²) in [5.74, 6) is -2.25. The van der Waals surface area contributed by atoms with Gasteiger partial charge in [0.1, 0.15) is 0 Å². The zero-order valence-electron chi connectivity index (χ0n) is 9.96. The number of carbonyl (C=O) groups excluding carboxylic acids is 1. The largest absolute Gasteiger partial charge is 0.481 e. The lowest BCUT2D eigenvalue weighted by Crippen LogP contribution is -2.18. The van der Waals surface area contributed by atoms with E-state index in [2.05, 4.69) is 5.32 Å². The Bertz CT molecular complexity index is 484. The first kappa shape index (κ1) is 12.6. The summed E-state index contributed by atoms with van der Waals surface area (Å²) in [6.45, 7) is 1.61. The molecule has 5 nitrogen and oxygen atoms in total. The normalized spacial score (nSPS) is 23.2. The minimum Gasteiger partial charge on any atom is -0.481 e. The first-order valence-electron chi connectivity index (χ1n) is 5.81. The average Bonchev–Trinajstić information content (AvgIpc) is 3.09. The number of carboxylic acids is 1. The minimum atomic E-state index is -0.932. The maximum Gasteiger partial charge on any atom is 0.307 e. The Morgan fingerprint density at radius 3 is 2.56 bits per heavy atom. The lowest BCUT2D eigenvalue weighted by atomic mass is 10.1. The van der Waals surface area contributed by atoms with Gasteiger partial charge in [0.15, 0.2) is 0 Å². The molecule has 1 aromatic rings. The average molecular weight is 249 g/mol. The highest BCUT2D eigenvalue weighted by Crippen LogP contribution is 2.39. The third kappa shape index (κ3) is 2.51. The molecular weight excluding hydrogens is 234 g/mol. The number of amides is 1. The maximum atomic E-state index is 11.8. The fraction of sp³-hybridized carbons (Fsp3) is 0.385. The Morgan fingerprint density at radius 1 is 1.33 bits per heavy atom. The fourth-order valence-corrected chi connectivity index (χ4v) is 1.96. The number of rotatable bonds is 4. The van der Waals surface area contributed by atoms with E-state index in [4.69, 9.17) is 5.11 Å². The Labute approximate surface area is 104 Å². The van der Waals surface area contributed by atoms with Gasteiger partial charge in [0, 0.05) is 11.3 Å². The third-order valence-electron chi connectivity index (χ3n) is 3.11. The second-order valence-corrected chi connectivity index (χ2v) is 4.54. The van der Waals surface area contributed by atoms with Crippen molar-refractivity contribution in [2.75, 3.05) is 5.32 Å². The molecule has 1 saturated carbocycles. The molecule has 5 heteroatoms. The SMILES string of the molecule is CC(O)c1ccccc1NC(=O)[C@@H]1C[C@@H]1C(=O)O. The molecule has 1 aliphatic carbocycles. The fourth-order valence-electron chi connectivity index (χ4n) is 1.96. The molecule has 1 amide bonds. The van der Waals surface area contributed by atoms with Crippen molar-refractivity contribution in [2.24, 2.45) is 11.8 Å². The summed E-state index contributed by atoms with van der Waals surface area (Å²) in [6.07, 6.45) is -0.297. The molecule has 2 rings (SSSR count). The molecule has 0 spiro atoms. The highest BCUT2D eigenvalue weighted by Gasteiger charge is 2.48. The molecule has 1 unspecified atom stereocenters. The number of benzene rings is 1. The van der Waals surface area contributed by atoms with E-state index in [1.165, 1.54) is 0 Å². The molecule has 96 valence electrons. The van der Waals surface area contributed by atoms with E-state index >= 15 is 0 Å². The molecule has 1 aliphatic rings. The molecule has 1 aromatic carbocycles. The van der Waals surface area contributed by atoms with Gasteiger partial charge in [-0.05, 0) is 19.4 Å². The predicted molar refractivity (Wildman–Crippen MR) is 64.9 cm³/mol. The van der Waals surface area contributed by atoms with Crippen LogP contribution in [0.25, 0.3) is 0 Å². The van der Waals surface area contributed by atoms with E-state index < -0.39 is 23.9 Å². The number of para-hydroxylation sites is 1. The molecule has 3 atom stereocenters. The second-order valence-electron chi connectivity index (χ2n) is 4.54. The van der Waals surface area contributed by atoms with Crippen molar-refractivity contribution in [2.45, 2.75) is 19.4 Å². The Hall–Kier alpha value is -1.88. The predicted octanol–water partition coefficient (Wildman–Crippen LogP) is 1.40. The number of anilines is 1. The van der Waals surface area contributed by atoms with Crippen LogP contribution in [0.3, 0.4) is 0 Å². The molecule has 0 radical (unpaired) electrons. The third-order valence-corrected chi connectivity index (χ3v) is 3.11. The molecule has 1 fully saturated rings. The summed E-state index contributed by atoms with van der Waals surface area (Å²) in [5.41, 5.74) is 1.16. The molecule has 0 aliphatic heterocycles. The number of carboxylic acid groups (broad SMARTS) is 1. The molecular formula is C13H15NO4. The standard InChI is InChI=1S/C13H15NO4/c1-7(15)8-4-2-3-5-11(8)14-12(16)9-6-10(9)13(17)18/h2-5,7,9-10,15H,6H2,1H3,(H,14,16)(H,17,18)/t7?,9-,10+/m1/s1.